The van der Waals surface area contributed by atoms with Crippen molar-refractivity contribution in [1.29, 1.82) is 0 Å². The number of ether oxygens (including phenoxy) is 1. The molecule has 0 radical (unpaired) electrons. The van der Waals surface area contributed by atoms with Gasteiger partial charge in [0.25, 0.3) is 0 Å². The number of hydrogen-bond donors (Lipinski definition) is 2. The van der Waals surface area contributed by atoms with Gasteiger partial charge in [0.2, 0.25) is 5.91 Å². The minimum Gasteiger partial charge on any atom is -0.496 e. The molecule has 29 heavy (non-hydrogen) atoms. The number of carbonyl (C=O) groups excluding carboxylic acids is 1. The maximum atomic E-state index is 12.4. The Kier molecular flexibility index (Phi) is 5.76. The number of methoxy groups -OCH3 is 1. The number of pyridine rings is 1. The van der Waals surface area contributed by atoms with E-state index in [0.717, 1.165) is 53.1 Å². The first kappa shape index (κ1) is 19.4. The summed E-state index contributed by atoms with van der Waals surface area (Å²) in [7, 11) is 1.62. The topological polar surface area (TPSA) is 81.1 Å². The van der Waals surface area contributed by atoms with E-state index in [-0.39, 0.29) is 5.91 Å². The summed E-state index contributed by atoms with van der Waals surface area (Å²) >= 11 is 0. The van der Waals surface area contributed by atoms with Crippen molar-refractivity contribution in [3.05, 3.63) is 53.3 Å². The molecule has 2 aromatic heterocycles. The molecule has 7 nitrogen and oxygen atoms in total. The number of aryl methyl sites for hydroxylation is 1. The molecule has 3 heterocycles. The summed E-state index contributed by atoms with van der Waals surface area (Å²) in [6.45, 7) is 5.08. The minimum absolute atomic E-state index is 0.0291. The molecule has 0 saturated carbocycles. The average molecular weight is 393 g/mol. The van der Waals surface area contributed by atoms with Crippen molar-refractivity contribution in [2.45, 2.75) is 32.2 Å². The van der Waals surface area contributed by atoms with E-state index in [1.807, 2.05) is 35.9 Å². The lowest BCUT2D eigenvalue weighted by atomic mass is 10.0. The van der Waals surface area contributed by atoms with Gasteiger partial charge in [-0.05, 0) is 38.1 Å². The van der Waals surface area contributed by atoms with Crippen LogP contribution in [0.15, 0.2) is 36.5 Å². The van der Waals surface area contributed by atoms with E-state index in [1.165, 1.54) is 0 Å². The molecule has 0 aliphatic carbocycles. The maximum Gasteiger partial charge on any atom is 0.224 e. The lowest BCUT2D eigenvalue weighted by Crippen LogP contribution is -2.29. The van der Waals surface area contributed by atoms with Crippen LogP contribution in [0.5, 0.6) is 5.75 Å². The SMILES string of the molecule is COc1ccc(C)cc1CC(=O)NCCn1nc(C2CCNC2)c2cccnc21. The molecule has 1 saturated heterocycles. The van der Waals surface area contributed by atoms with Crippen LogP contribution in [0.3, 0.4) is 0 Å². The standard InChI is InChI=1S/C22H27N5O2/c1-15-5-6-19(29-2)17(12-15)13-20(28)24-10-11-27-22-18(4-3-8-25-22)21(26-27)16-7-9-23-14-16/h3-6,8,12,16,23H,7,9-11,13-14H2,1-2H3,(H,24,28). The van der Waals surface area contributed by atoms with Crippen molar-refractivity contribution in [3.8, 4) is 5.75 Å². The number of amides is 1. The van der Waals surface area contributed by atoms with E-state index in [9.17, 15) is 4.79 Å². The van der Waals surface area contributed by atoms with Crippen LogP contribution >= 0.6 is 0 Å². The van der Waals surface area contributed by atoms with E-state index in [0.29, 0.717) is 25.4 Å². The summed E-state index contributed by atoms with van der Waals surface area (Å²) in [6, 6.07) is 9.91. The van der Waals surface area contributed by atoms with Gasteiger partial charge in [-0.1, -0.05) is 17.7 Å². The zero-order valence-electron chi connectivity index (χ0n) is 16.9. The number of benzene rings is 1. The van der Waals surface area contributed by atoms with Crippen LogP contribution in [-0.4, -0.2) is 47.4 Å². The van der Waals surface area contributed by atoms with Crippen LogP contribution in [0.4, 0.5) is 0 Å². The third-order valence-corrected chi connectivity index (χ3v) is 5.42. The summed E-state index contributed by atoms with van der Waals surface area (Å²) in [5.41, 5.74) is 3.99. The van der Waals surface area contributed by atoms with Crippen molar-refractivity contribution in [2.24, 2.45) is 0 Å². The average Bonchev–Trinajstić information content (AvgIpc) is 3.36. The van der Waals surface area contributed by atoms with E-state index in [2.05, 4.69) is 21.7 Å². The molecule has 152 valence electrons. The smallest absolute Gasteiger partial charge is 0.224 e. The summed E-state index contributed by atoms with van der Waals surface area (Å²) < 4.78 is 7.28. The Morgan fingerprint density at radius 3 is 3.07 bits per heavy atom. The quantitative estimate of drug-likeness (QED) is 0.643. The lowest BCUT2D eigenvalue weighted by molar-refractivity contribution is -0.120. The van der Waals surface area contributed by atoms with Crippen LogP contribution in [0.25, 0.3) is 11.0 Å². The van der Waals surface area contributed by atoms with Gasteiger partial charge in [-0.2, -0.15) is 5.10 Å². The fourth-order valence-corrected chi connectivity index (χ4v) is 3.96. The van der Waals surface area contributed by atoms with Gasteiger partial charge in [-0.15, -0.1) is 0 Å². The van der Waals surface area contributed by atoms with Gasteiger partial charge in [0, 0.05) is 36.2 Å². The van der Waals surface area contributed by atoms with Crippen molar-refractivity contribution >= 4 is 16.9 Å². The molecule has 1 aliphatic heterocycles. The van der Waals surface area contributed by atoms with Gasteiger partial charge in [0.05, 0.1) is 25.8 Å². The molecule has 4 rings (SSSR count). The summed E-state index contributed by atoms with van der Waals surface area (Å²) in [5.74, 6) is 1.13. The zero-order chi connectivity index (χ0) is 20.2. The fourth-order valence-electron chi connectivity index (χ4n) is 3.96. The molecular weight excluding hydrogens is 366 g/mol. The molecular formula is C22H27N5O2. The Hall–Kier alpha value is -2.93. The van der Waals surface area contributed by atoms with E-state index in [4.69, 9.17) is 9.84 Å². The maximum absolute atomic E-state index is 12.4. The normalized spacial score (nSPS) is 16.3. The Balaban J connectivity index is 1.41. The molecule has 0 bridgehead atoms. The van der Waals surface area contributed by atoms with Gasteiger partial charge in [0.15, 0.2) is 5.65 Å². The van der Waals surface area contributed by atoms with Gasteiger partial charge >= 0.3 is 0 Å². The Labute approximate surface area is 170 Å². The van der Waals surface area contributed by atoms with E-state index < -0.39 is 0 Å². The molecule has 1 fully saturated rings. The van der Waals surface area contributed by atoms with Crippen molar-refractivity contribution in [3.63, 3.8) is 0 Å². The van der Waals surface area contributed by atoms with Gasteiger partial charge in [0.1, 0.15) is 5.75 Å². The number of hydrogen-bond acceptors (Lipinski definition) is 5. The van der Waals surface area contributed by atoms with Crippen molar-refractivity contribution < 1.29 is 9.53 Å². The first-order valence-electron chi connectivity index (χ1n) is 10.1. The molecule has 3 aromatic rings. The van der Waals surface area contributed by atoms with E-state index >= 15 is 0 Å². The first-order chi connectivity index (χ1) is 14.2. The highest BCUT2D eigenvalue weighted by Crippen LogP contribution is 2.27. The second-order valence-corrected chi connectivity index (χ2v) is 7.51. The first-order valence-corrected chi connectivity index (χ1v) is 10.1. The number of carbonyl (C=O) groups is 1. The molecule has 1 unspecified atom stereocenters. The van der Waals surface area contributed by atoms with Crippen molar-refractivity contribution in [2.75, 3.05) is 26.7 Å². The van der Waals surface area contributed by atoms with Crippen LogP contribution in [0.1, 0.15) is 29.2 Å². The predicted octanol–water partition coefficient (Wildman–Crippen LogP) is 2.18. The summed E-state index contributed by atoms with van der Waals surface area (Å²) in [6.07, 6.45) is 3.18. The number of fused-ring (bicyclic) bond motifs is 1. The monoisotopic (exact) mass is 393 g/mol. The Bertz CT molecular complexity index is 1010. The predicted molar refractivity (Wildman–Crippen MR) is 112 cm³/mol. The number of nitrogens with one attached hydrogen (secondary N) is 2. The molecule has 0 spiro atoms. The lowest BCUT2D eigenvalue weighted by Gasteiger charge is -2.10. The van der Waals surface area contributed by atoms with Crippen molar-refractivity contribution in [1.82, 2.24) is 25.4 Å². The van der Waals surface area contributed by atoms with Gasteiger partial charge in [-0.3, -0.25) is 4.79 Å². The highest BCUT2D eigenvalue weighted by molar-refractivity contribution is 5.80. The number of nitrogens with zero attached hydrogens (tertiary/aromatic N) is 3. The molecule has 2 N–H and O–H groups in total. The third-order valence-electron chi connectivity index (χ3n) is 5.42. The van der Waals surface area contributed by atoms with Gasteiger partial charge in [-0.25, -0.2) is 9.67 Å². The molecule has 1 amide bonds. The minimum atomic E-state index is -0.0291. The molecule has 1 aromatic carbocycles. The summed E-state index contributed by atoms with van der Waals surface area (Å²) in [4.78, 5) is 17.0. The second-order valence-electron chi connectivity index (χ2n) is 7.51. The molecule has 1 aliphatic rings. The number of aromatic nitrogens is 3. The van der Waals surface area contributed by atoms with Crippen LogP contribution in [0, 0.1) is 6.92 Å². The van der Waals surface area contributed by atoms with Gasteiger partial charge < -0.3 is 15.4 Å². The second kappa shape index (κ2) is 8.61. The van der Waals surface area contributed by atoms with Crippen LogP contribution in [-0.2, 0) is 17.8 Å². The summed E-state index contributed by atoms with van der Waals surface area (Å²) in [5, 5.41) is 12.3. The van der Waals surface area contributed by atoms with E-state index in [1.54, 1.807) is 13.3 Å². The highest BCUT2D eigenvalue weighted by Gasteiger charge is 2.23. The highest BCUT2D eigenvalue weighted by atomic mass is 16.5. The van der Waals surface area contributed by atoms with Crippen LogP contribution < -0.4 is 15.4 Å². The third kappa shape index (κ3) is 4.24. The Morgan fingerprint density at radius 1 is 1.38 bits per heavy atom. The zero-order valence-corrected chi connectivity index (χ0v) is 16.9. The fraction of sp³-hybridized carbons (Fsp3) is 0.409. The van der Waals surface area contributed by atoms with Crippen LogP contribution in [0.2, 0.25) is 0 Å². The molecule has 7 heteroatoms. The Morgan fingerprint density at radius 2 is 2.28 bits per heavy atom. The number of rotatable bonds is 7. The molecule has 1 atom stereocenters. The largest absolute Gasteiger partial charge is 0.496 e.